The van der Waals surface area contributed by atoms with E-state index in [0.717, 1.165) is 13.1 Å². The molecule has 2 heteroatoms. The van der Waals surface area contributed by atoms with E-state index in [1.165, 1.54) is 37.0 Å². The smallest absolute Gasteiger partial charge is 0.0971 e. The van der Waals surface area contributed by atoms with Gasteiger partial charge in [-0.1, -0.05) is 6.58 Å². The van der Waals surface area contributed by atoms with E-state index in [2.05, 4.69) is 18.0 Å². The Morgan fingerprint density at radius 1 is 1.42 bits per heavy atom. The van der Waals surface area contributed by atoms with Crippen molar-refractivity contribution >= 4 is 0 Å². The zero-order valence-corrected chi connectivity index (χ0v) is 8.18. The molecule has 1 heterocycles. The summed E-state index contributed by atoms with van der Waals surface area (Å²) in [6.45, 7) is 10.1. The zero-order chi connectivity index (χ0) is 8.86. The van der Waals surface area contributed by atoms with E-state index >= 15 is 0 Å². The minimum Gasteiger partial charge on any atom is -0.319 e. The molecule has 0 radical (unpaired) electrons. The standard InChI is InChI=1S/C10H21N2/c1-3-7-12(10-6-11-2)8-4-5-9-12/h3,11H,1,4-10H2,2H3/q+1. The number of likely N-dealkylation sites (tertiary alicyclic amines) is 1. The van der Waals surface area contributed by atoms with Gasteiger partial charge < -0.3 is 9.80 Å². The molecule has 0 amide bonds. The third-order valence-electron chi connectivity index (χ3n) is 2.87. The first-order valence-corrected chi connectivity index (χ1v) is 4.93. The summed E-state index contributed by atoms with van der Waals surface area (Å²) < 4.78 is 1.27. The van der Waals surface area contributed by atoms with Gasteiger partial charge in [-0.2, -0.15) is 0 Å². The van der Waals surface area contributed by atoms with Crippen LogP contribution in [0.25, 0.3) is 0 Å². The Morgan fingerprint density at radius 2 is 2.08 bits per heavy atom. The van der Waals surface area contributed by atoms with Crippen molar-refractivity contribution in [2.45, 2.75) is 12.8 Å². The van der Waals surface area contributed by atoms with Gasteiger partial charge in [-0.05, 0) is 13.1 Å². The van der Waals surface area contributed by atoms with Gasteiger partial charge in [0.2, 0.25) is 0 Å². The van der Waals surface area contributed by atoms with Crippen molar-refractivity contribution in [1.82, 2.24) is 5.32 Å². The zero-order valence-electron chi connectivity index (χ0n) is 8.18. The molecule has 0 spiro atoms. The van der Waals surface area contributed by atoms with E-state index in [1.807, 2.05) is 7.05 Å². The first-order chi connectivity index (χ1) is 5.83. The van der Waals surface area contributed by atoms with Gasteiger partial charge in [0.25, 0.3) is 0 Å². The highest BCUT2D eigenvalue weighted by Gasteiger charge is 2.29. The molecule has 0 atom stereocenters. The Hall–Kier alpha value is -0.340. The molecule has 70 valence electrons. The van der Waals surface area contributed by atoms with E-state index in [9.17, 15) is 0 Å². The summed E-state index contributed by atoms with van der Waals surface area (Å²) in [5.74, 6) is 0. The third-order valence-corrected chi connectivity index (χ3v) is 2.87. The van der Waals surface area contributed by atoms with Crippen molar-refractivity contribution in [3.63, 3.8) is 0 Å². The Bertz CT molecular complexity index is 137. The lowest BCUT2D eigenvalue weighted by atomic mass is 10.3. The molecular weight excluding hydrogens is 148 g/mol. The fourth-order valence-electron chi connectivity index (χ4n) is 2.13. The Balaban J connectivity index is 2.40. The number of hydrogen-bond donors (Lipinski definition) is 1. The maximum absolute atomic E-state index is 3.84. The summed E-state index contributed by atoms with van der Waals surface area (Å²) in [5, 5.41) is 3.23. The molecule has 1 rings (SSSR count). The van der Waals surface area contributed by atoms with E-state index < -0.39 is 0 Å². The second-order valence-electron chi connectivity index (χ2n) is 3.79. The molecule has 0 aliphatic carbocycles. The van der Waals surface area contributed by atoms with Crippen molar-refractivity contribution in [3.05, 3.63) is 12.7 Å². The van der Waals surface area contributed by atoms with Gasteiger partial charge in [0.1, 0.15) is 0 Å². The molecule has 12 heavy (non-hydrogen) atoms. The lowest BCUT2D eigenvalue weighted by Crippen LogP contribution is -2.48. The SMILES string of the molecule is C=CC[N+]1(CCNC)CCCC1. The predicted molar refractivity (Wildman–Crippen MR) is 53.1 cm³/mol. The van der Waals surface area contributed by atoms with Crippen molar-refractivity contribution in [2.75, 3.05) is 39.8 Å². The minimum atomic E-state index is 1.13. The maximum Gasteiger partial charge on any atom is 0.0971 e. The van der Waals surface area contributed by atoms with Crippen LogP contribution < -0.4 is 5.32 Å². The number of nitrogens with zero attached hydrogens (tertiary/aromatic N) is 1. The van der Waals surface area contributed by atoms with Crippen LogP contribution in [-0.4, -0.2) is 44.3 Å². The van der Waals surface area contributed by atoms with Gasteiger partial charge in [0.15, 0.2) is 0 Å². The van der Waals surface area contributed by atoms with Crippen molar-refractivity contribution in [1.29, 1.82) is 0 Å². The molecule has 1 aliphatic heterocycles. The number of nitrogens with one attached hydrogen (secondary N) is 1. The molecule has 0 aromatic rings. The van der Waals surface area contributed by atoms with Gasteiger partial charge in [-0.25, -0.2) is 0 Å². The lowest BCUT2D eigenvalue weighted by Gasteiger charge is -2.33. The molecule has 0 aromatic heterocycles. The van der Waals surface area contributed by atoms with Crippen LogP contribution in [0.2, 0.25) is 0 Å². The molecule has 1 saturated heterocycles. The maximum atomic E-state index is 3.84. The molecule has 0 bridgehead atoms. The van der Waals surface area contributed by atoms with Crippen LogP contribution in [0.5, 0.6) is 0 Å². The minimum absolute atomic E-state index is 1.13. The summed E-state index contributed by atoms with van der Waals surface area (Å²) in [7, 11) is 2.03. The largest absolute Gasteiger partial charge is 0.319 e. The molecule has 1 fully saturated rings. The fraction of sp³-hybridized carbons (Fsp3) is 0.800. The predicted octanol–water partition coefficient (Wildman–Crippen LogP) is 1.00. The average molecular weight is 169 g/mol. The van der Waals surface area contributed by atoms with Gasteiger partial charge in [-0.3, -0.25) is 0 Å². The Kier molecular flexibility index (Phi) is 3.76. The van der Waals surface area contributed by atoms with Crippen LogP contribution in [-0.2, 0) is 0 Å². The van der Waals surface area contributed by atoms with Crippen molar-refractivity contribution < 1.29 is 4.48 Å². The quantitative estimate of drug-likeness (QED) is 0.478. The summed E-state index contributed by atoms with van der Waals surface area (Å²) in [5.41, 5.74) is 0. The second-order valence-corrected chi connectivity index (χ2v) is 3.79. The number of likely N-dealkylation sites (N-methyl/N-ethyl adjacent to an activating group) is 1. The van der Waals surface area contributed by atoms with Crippen LogP contribution in [0.3, 0.4) is 0 Å². The molecular formula is C10H21N2+. The van der Waals surface area contributed by atoms with Crippen LogP contribution in [0.1, 0.15) is 12.8 Å². The first-order valence-electron chi connectivity index (χ1n) is 4.93. The normalized spacial score (nSPS) is 21.1. The second kappa shape index (κ2) is 4.63. The van der Waals surface area contributed by atoms with E-state index in [-0.39, 0.29) is 0 Å². The number of quaternary nitrogens is 1. The monoisotopic (exact) mass is 169 g/mol. The van der Waals surface area contributed by atoms with E-state index in [1.54, 1.807) is 0 Å². The lowest BCUT2D eigenvalue weighted by molar-refractivity contribution is -0.910. The molecule has 0 aromatic carbocycles. The Labute approximate surface area is 75.8 Å². The van der Waals surface area contributed by atoms with Crippen LogP contribution in [0.15, 0.2) is 12.7 Å². The molecule has 0 saturated carbocycles. The average Bonchev–Trinajstić information content (AvgIpc) is 2.51. The highest BCUT2D eigenvalue weighted by atomic mass is 15.4. The highest BCUT2D eigenvalue weighted by Crippen LogP contribution is 2.18. The molecule has 2 nitrogen and oxygen atoms in total. The third kappa shape index (κ3) is 2.32. The summed E-state index contributed by atoms with van der Waals surface area (Å²) in [6, 6.07) is 0. The van der Waals surface area contributed by atoms with Gasteiger partial charge in [0, 0.05) is 19.4 Å². The topological polar surface area (TPSA) is 12.0 Å². The number of hydrogen-bond acceptors (Lipinski definition) is 1. The summed E-state index contributed by atoms with van der Waals surface area (Å²) >= 11 is 0. The Morgan fingerprint density at radius 3 is 2.58 bits per heavy atom. The van der Waals surface area contributed by atoms with E-state index in [4.69, 9.17) is 0 Å². The van der Waals surface area contributed by atoms with Gasteiger partial charge >= 0.3 is 0 Å². The molecule has 1 N–H and O–H groups in total. The van der Waals surface area contributed by atoms with Gasteiger partial charge in [0.05, 0.1) is 26.2 Å². The highest BCUT2D eigenvalue weighted by molar-refractivity contribution is 4.69. The van der Waals surface area contributed by atoms with Crippen molar-refractivity contribution in [3.8, 4) is 0 Å². The first kappa shape index (κ1) is 9.75. The van der Waals surface area contributed by atoms with Crippen LogP contribution in [0, 0.1) is 0 Å². The molecule has 0 unspecified atom stereocenters. The van der Waals surface area contributed by atoms with E-state index in [0.29, 0.717) is 0 Å². The summed E-state index contributed by atoms with van der Waals surface area (Å²) in [6.07, 6.45) is 4.87. The van der Waals surface area contributed by atoms with Gasteiger partial charge in [-0.15, -0.1) is 0 Å². The van der Waals surface area contributed by atoms with Crippen LogP contribution >= 0.6 is 0 Å². The summed E-state index contributed by atoms with van der Waals surface area (Å²) in [4.78, 5) is 0. The fourth-order valence-corrected chi connectivity index (χ4v) is 2.13. The van der Waals surface area contributed by atoms with Crippen molar-refractivity contribution in [2.24, 2.45) is 0 Å². The van der Waals surface area contributed by atoms with Crippen LogP contribution in [0.4, 0.5) is 0 Å². The number of rotatable bonds is 5. The molecule has 1 aliphatic rings.